The van der Waals surface area contributed by atoms with Gasteiger partial charge in [0.2, 0.25) is 6.08 Å². The number of isocyanates is 1. The monoisotopic (exact) mass is 137 g/mol. The normalized spacial score (nSPS) is 17.4. The Morgan fingerprint density at radius 2 is 2.50 bits per heavy atom. The molecule has 0 aromatic heterocycles. The summed E-state index contributed by atoms with van der Waals surface area (Å²) in [6.07, 6.45) is 8.54. The number of rotatable bonds is 2. The number of hydrogen-bond donors (Lipinski definition) is 0. The standard InChI is InChI=1S/C8H11NO/c10-7-9-6-8-4-2-1-3-5-8/h4H,1-3,5-6H2. The molecule has 0 heterocycles. The van der Waals surface area contributed by atoms with E-state index >= 15 is 0 Å². The van der Waals surface area contributed by atoms with Crippen molar-refractivity contribution in [2.45, 2.75) is 25.7 Å². The second-order valence-corrected chi connectivity index (χ2v) is 2.52. The second-order valence-electron chi connectivity index (χ2n) is 2.52. The van der Waals surface area contributed by atoms with Gasteiger partial charge in [0.05, 0.1) is 6.54 Å². The summed E-state index contributed by atoms with van der Waals surface area (Å²) in [4.78, 5) is 13.3. The summed E-state index contributed by atoms with van der Waals surface area (Å²) in [7, 11) is 0. The summed E-state index contributed by atoms with van der Waals surface area (Å²) in [6.45, 7) is 0.573. The molecule has 2 nitrogen and oxygen atoms in total. The van der Waals surface area contributed by atoms with Crippen LogP contribution in [-0.4, -0.2) is 12.6 Å². The Bertz CT molecular complexity index is 178. The maximum atomic E-state index is 9.73. The van der Waals surface area contributed by atoms with Gasteiger partial charge in [-0.3, -0.25) is 0 Å². The van der Waals surface area contributed by atoms with E-state index in [9.17, 15) is 4.79 Å². The molecule has 0 aromatic rings. The first-order valence-electron chi connectivity index (χ1n) is 3.65. The SMILES string of the molecule is O=C=NCC1=CCCCC1. The van der Waals surface area contributed by atoms with E-state index in [2.05, 4.69) is 11.1 Å². The predicted molar refractivity (Wildman–Crippen MR) is 39.5 cm³/mol. The molecule has 0 spiro atoms. The van der Waals surface area contributed by atoms with Crippen LogP contribution < -0.4 is 0 Å². The van der Waals surface area contributed by atoms with E-state index in [0.29, 0.717) is 6.54 Å². The van der Waals surface area contributed by atoms with Crippen LogP contribution >= 0.6 is 0 Å². The summed E-state index contributed by atoms with van der Waals surface area (Å²) in [6, 6.07) is 0. The lowest BCUT2D eigenvalue weighted by molar-refractivity contribution is 0.563. The Kier molecular flexibility index (Phi) is 2.91. The first-order chi connectivity index (χ1) is 4.93. The van der Waals surface area contributed by atoms with Gasteiger partial charge in [0, 0.05) is 0 Å². The van der Waals surface area contributed by atoms with Gasteiger partial charge in [-0.1, -0.05) is 11.6 Å². The number of allylic oxidation sites excluding steroid dienone is 1. The maximum absolute atomic E-state index is 9.73. The van der Waals surface area contributed by atoms with Crippen LogP contribution in [0.25, 0.3) is 0 Å². The third-order valence-corrected chi connectivity index (χ3v) is 1.73. The lowest BCUT2D eigenvalue weighted by Gasteiger charge is -2.08. The molecule has 0 unspecified atom stereocenters. The van der Waals surface area contributed by atoms with Crippen molar-refractivity contribution in [1.29, 1.82) is 0 Å². The lowest BCUT2D eigenvalue weighted by Crippen LogP contribution is -1.94. The van der Waals surface area contributed by atoms with Gasteiger partial charge >= 0.3 is 0 Å². The Morgan fingerprint density at radius 1 is 1.60 bits per heavy atom. The molecule has 0 saturated heterocycles. The second kappa shape index (κ2) is 4.02. The molecule has 0 N–H and O–H groups in total. The van der Waals surface area contributed by atoms with Crippen LogP contribution in [0.2, 0.25) is 0 Å². The highest BCUT2D eigenvalue weighted by Gasteiger charge is 2.01. The zero-order valence-corrected chi connectivity index (χ0v) is 5.97. The molecule has 1 aliphatic rings. The van der Waals surface area contributed by atoms with E-state index in [4.69, 9.17) is 0 Å². The van der Waals surface area contributed by atoms with Gasteiger partial charge in [-0.25, -0.2) is 9.79 Å². The van der Waals surface area contributed by atoms with Crippen molar-refractivity contribution >= 4 is 6.08 Å². The molecule has 0 amide bonds. The molecule has 0 radical (unpaired) electrons. The summed E-state index contributed by atoms with van der Waals surface area (Å²) < 4.78 is 0. The third kappa shape index (κ3) is 2.16. The first kappa shape index (κ1) is 7.23. The number of nitrogens with zero attached hydrogens (tertiary/aromatic N) is 1. The minimum atomic E-state index is 0.573. The van der Waals surface area contributed by atoms with E-state index < -0.39 is 0 Å². The molecular formula is C8H11NO. The minimum absolute atomic E-state index is 0.573. The highest BCUT2D eigenvalue weighted by Crippen LogP contribution is 2.16. The van der Waals surface area contributed by atoms with E-state index in [1.165, 1.54) is 18.4 Å². The van der Waals surface area contributed by atoms with Crippen LogP contribution in [0.5, 0.6) is 0 Å². The van der Waals surface area contributed by atoms with Crippen LogP contribution in [0, 0.1) is 0 Å². The lowest BCUT2D eigenvalue weighted by atomic mass is 10.00. The quantitative estimate of drug-likeness (QED) is 0.324. The zero-order valence-electron chi connectivity index (χ0n) is 5.97. The average Bonchev–Trinajstić information content (AvgIpc) is 2.03. The molecule has 0 fully saturated rings. The molecule has 0 atom stereocenters. The van der Waals surface area contributed by atoms with Gasteiger partial charge in [0.15, 0.2) is 0 Å². The molecule has 0 aromatic carbocycles. The summed E-state index contributed by atoms with van der Waals surface area (Å²) >= 11 is 0. The topological polar surface area (TPSA) is 29.4 Å². The van der Waals surface area contributed by atoms with Crippen molar-refractivity contribution in [2.24, 2.45) is 4.99 Å². The van der Waals surface area contributed by atoms with Crippen LogP contribution in [0.1, 0.15) is 25.7 Å². The van der Waals surface area contributed by atoms with Crippen molar-refractivity contribution in [3.05, 3.63) is 11.6 Å². The number of carbonyl (C=O) groups excluding carboxylic acids is 1. The predicted octanol–water partition coefficient (Wildman–Crippen LogP) is 1.82. The molecular weight excluding hydrogens is 126 g/mol. The maximum Gasteiger partial charge on any atom is 0.235 e. The van der Waals surface area contributed by atoms with E-state index in [-0.39, 0.29) is 0 Å². The summed E-state index contributed by atoms with van der Waals surface area (Å²) in [5.41, 5.74) is 1.30. The van der Waals surface area contributed by atoms with Crippen molar-refractivity contribution in [3.8, 4) is 0 Å². The highest BCUT2D eigenvalue weighted by molar-refractivity contribution is 5.34. The molecule has 0 bridgehead atoms. The Balaban J connectivity index is 2.38. The fourth-order valence-corrected chi connectivity index (χ4v) is 1.18. The van der Waals surface area contributed by atoms with Crippen LogP contribution in [0.3, 0.4) is 0 Å². The van der Waals surface area contributed by atoms with Gasteiger partial charge in [0.1, 0.15) is 0 Å². The van der Waals surface area contributed by atoms with E-state index in [1.54, 1.807) is 6.08 Å². The highest BCUT2D eigenvalue weighted by atomic mass is 16.1. The smallest absolute Gasteiger partial charge is 0.211 e. The Labute approximate surface area is 60.7 Å². The van der Waals surface area contributed by atoms with Crippen molar-refractivity contribution in [2.75, 3.05) is 6.54 Å². The van der Waals surface area contributed by atoms with E-state index in [1.807, 2.05) is 0 Å². The van der Waals surface area contributed by atoms with Crippen LogP contribution in [-0.2, 0) is 4.79 Å². The molecule has 2 heteroatoms. The van der Waals surface area contributed by atoms with Gasteiger partial charge in [0.25, 0.3) is 0 Å². The fraction of sp³-hybridized carbons (Fsp3) is 0.625. The Morgan fingerprint density at radius 3 is 3.10 bits per heavy atom. The van der Waals surface area contributed by atoms with Crippen LogP contribution in [0.15, 0.2) is 16.6 Å². The summed E-state index contributed by atoms with van der Waals surface area (Å²) in [5, 5.41) is 0. The molecule has 1 rings (SSSR count). The van der Waals surface area contributed by atoms with Crippen molar-refractivity contribution in [1.82, 2.24) is 0 Å². The number of hydrogen-bond acceptors (Lipinski definition) is 2. The fourth-order valence-electron chi connectivity index (χ4n) is 1.18. The number of aliphatic imine (C=N–C) groups is 1. The minimum Gasteiger partial charge on any atom is -0.211 e. The van der Waals surface area contributed by atoms with Crippen molar-refractivity contribution < 1.29 is 4.79 Å². The largest absolute Gasteiger partial charge is 0.235 e. The third-order valence-electron chi connectivity index (χ3n) is 1.73. The van der Waals surface area contributed by atoms with Gasteiger partial charge in [-0.05, 0) is 25.7 Å². The first-order valence-corrected chi connectivity index (χ1v) is 3.65. The van der Waals surface area contributed by atoms with E-state index in [0.717, 1.165) is 12.8 Å². The average molecular weight is 137 g/mol. The molecule has 0 saturated carbocycles. The Hall–Kier alpha value is -0.880. The van der Waals surface area contributed by atoms with Crippen LogP contribution in [0.4, 0.5) is 0 Å². The molecule has 0 aliphatic heterocycles. The summed E-state index contributed by atoms with van der Waals surface area (Å²) in [5.74, 6) is 0. The molecule has 1 aliphatic carbocycles. The van der Waals surface area contributed by atoms with Gasteiger partial charge < -0.3 is 0 Å². The zero-order chi connectivity index (χ0) is 7.23. The van der Waals surface area contributed by atoms with Gasteiger partial charge in [-0.15, -0.1) is 0 Å². The molecule has 54 valence electrons. The van der Waals surface area contributed by atoms with Crippen molar-refractivity contribution in [3.63, 3.8) is 0 Å². The molecule has 10 heavy (non-hydrogen) atoms. The van der Waals surface area contributed by atoms with Gasteiger partial charge in [-0.2, -0.15) is 0 Å².